The zero-order chi connectivity index (χ0) is 12.0. The van der Waals surface area contributed by atoms with Gasteiger partial charge in [0.15, 0.2) is 0 Å². The predicted molar refractivity (Wildman–Crippen MR) is 63.2 cm³/mol. The monoisotopic (exact) mass is 226 g/mol. The summed E-state index contributed by atoms with van der Waals surface area (Å²) in [5, 5.41) is 19.7. The van der Waals surface area contributed by atoms with E-state index in [0.717, 1.165) is 32.1 Å². The van der Waals surface area contributed by atoms with Crippen LogP contribution >= 0.6 is 0 Å². The van der Waals surface area contributed by atoms with Crippen molar-refractivity contribution < 1.29 is 15.0 Å². The molecule has 2 N–H and O–H groups in total. The average Bonchev–Trinajstić information content (AvgIpc) is 2.44. The molecule has 1 rings (SSSR count). The number of rotatable bonds is 5. The fourth-order valence-electron chi connectivity index (χ4n) is 2.33. The summed E-state index contributed by atoms with van der Waals surface area (Å²) in [4.78, 5) is 11.2. The van der Waals surface area contributed by atoms with Crippen LogP contribution in [0.1, 0.15) is 51.9 Å². The third-order valence-electron chi connectivity index (χ3n) is 3.35. The van der Waals surface area contributed by atoms with Gasteiger partial charge in [0.1, 0.15) is 0 Å². The summed E-state index contributed by atoms with van der Waals surface area (Å²) in [7, 11) is 0. The smallest absolute Gasteiger partial charge is 0.309 e. The Hall–Kier alpha value is -0.830. The second kappa shape index (κ2) is 6.04. The molecule has 0 spiro atoms. The Morgan fingerprint density at radius 3 is 2.88 bits per heavy atom. The first-order valence-corrected chi connectivity index (χ1v) is 6.23. The molecule has 92 valence electrons. The van der Waals surface area contributed by atoms with Gasteiger partial charge in [-0.3, -0.25) is 4.79 Å². The zero-order valence-electron chi connectivity index (χ0n) is 9.98. The highest BCUT2D eigenvalue weighted by molar-refractivity contribution is 5.72. The Morgan fingerprint density at radius 2 is 2.25 bits per heavy atom. The van der Waals surface area contributed by atoms with Crippen LogP contribution in [0.2, 0.25) is 0 Å². The van der Waals surface area contributed by atoms with E-state index >= 15 is 0 Å². The van der Waals surface area contributed by atoms with E-state index in [9.17, 15) is 15.0 Å². The average molecular weight is 226 g/mol. The van der Waals surface area contributed by atoms with Gasteiger partial charge in [0.2, 0.25) is 0 Å². The lowest BCUT2D eigenvalue weighted by Crippen LogP contribution is -2.40. The molecular formula is C13H22O3. The highest BCUT2D eigenvalue weighted by Crippen LogP contribution is 2.32. The second-order valence-corrected chi connectivity index (χ2v) is 4.67. The summed E-state index contributed by atoms with van der Waals surface area (Å²) in [5.41, 5.74) is -1.13. The van der Waals surface area contributed by atoms with Crippen LogP contribution < -0.4 is 0 Å². The SMILES string of the molecule is CCCCC(C(=O)O)C1(O)C=CCCCC1. The molecule has 3 nitrogen and oxygen atoms in total. The molecule has 16 heavy (non-hydrogen) atoms. The van der Waals surface area contributed by atoms with Gasteiger partial charge in [-0.2, -0.15) is 0 Å². The van der Waals surface area contributed by atoms with Crippen LogP contribution in [-0.2, 0) is 4.79 Å². The predicted octanol–water partition coefficient (Wildman–Crippen LogP) is 2.74. The van der Waals surface area contributed by atoms with Crippen LogP contribution in [-0.4, -0.2) is 21.8 Å². The van der Waals surface area contributed by atoms with E-state index in [1.165, 1.54) is 0 Å². The van der Waals surface area contributed by atoms with Crippen molar-refractivity contribution >= 4 is 5.97 Å². The topological polar surface area (TPSA) is 57.5 Å². The van der Waals surface area contributed by atoms with Crippen molar-refractivity contribution in [3.8, 4) is 0 Å². The van der Waals surface area contributed by atoms with E-state index in [4.69, 9.17) is 0 Å². The maximum absolute atomic E-state index is 11.2. The number of aliphatic hydroxyl groups is 1. The van der Waals surface area contributed by atoms with Crippen LogP contribution in [0.5, 0.6) is 0 Å². The minimum absolute atomic E-state index is 0.562. The molecule has 0 radical (unpaired) electrons. The van der Waals surface area contributed by atoms with Crippen molar-refractivity contribution in [2.75, 3.05) is 0 Å². The Bertz CT molecular complexity index is 260. The van der Waals surface area contributed by atoms with E-state index in [-0.39, 0.29) is 0 Å². The van der Waals surface area contributed by atoms with Crippen LogP contribution in [0.4, 0.5) is 0 Å². The van der Waals surface area contributed by atoms with Gasteiger partial charge in [0.25, 0.3) is 0 Å². The van der Waals surface area contributed by atoms with Gasteiger partial charge in [0, 0.05) is 0 Å². The molecule has 0 aromatic rings. The quantitative estimate of drug-likeness (QED) is 0.709. The third kappa shape index (κ3) is 3.34. The zero-order valence-corrected chi connectivity index (χ0v) is 9.98. The van der Waals surface area contributed by atoms with Gasteiger partial charge in [-0.05, 0) is 32.1 Å². The van der Waals surface area contributed by atoms with Crippen molar-refractivity contribution in [1.82, 2.24) is 0 Å². The number of carbonyl (C=O) groups is 1. The summed E-state index contributed by atoms with van der Waals surface area (Å²) in [6.45, 7) is 2.03. The number of hydrogen-bond donors (Lipinski definition) is 2. The van der Waals surface area contributed by atoms with Crippen LogP contribution in [0.3, 0.4) is 0 Å². The number of unbranched alkanes of at least 4 members (excludes halogenated alkanes) is 1. The number of carboxylic acid groups (broad SMARTS) is 1. The number of carboxylic acids is 1. The van der Waals surface area contributed by atoms with Crippen molar-refractivity contribution in [3.63, 3.8) is 0 Å². The molecule has 0 saturated carbocycles. The lowest BCUT2D eigenvalue weighted by molar-refractivity contribution is -0.150. The molecule has 0 amide bonds. The third-order valence-corrected chi connectivity index (χ3v) is 3.35. The van der Waals surface area contributed by atoms with Gasteiger partial charge in [0.05, 0.1) is 11.5 Å². The molecule has 0 heterocycles. The number of aliphatic carboxylic acids is 1. The lowest BCUT2D eigenvalue weighted by atomic mass is 9.80. The first-order valence-electron chi connectivity index (χ1n) is 6.23. The Kier molecular flexibility index (Phi) is 5.00. The molecule has 2 unspecified atom stereocenters. The van der Waals surface area contributed by atoms with Gasteiger partial charge in [-0.1, -0.05) is 31.9 Å². The van der Waals surface area contributed by atoms with Crippen molar-refractivity contribution in [2.45, 2.75) is 57.5 Å². The van der Waals surface area contributed by atoms with E-state index in [1.54, 1.807) is 6.08 Å². The Morgan fingerprint density at radius 1 is 1.50 bits per heavy atom. The van der Waals surface area contributed by atoms with Crippen molar-refractivity contribution in [3.05, 3.63) is 12.2 Å². The molecule has 0 aromatic heterocycles. The summed E-state index contributed by atoms with van der Waals surface area (Å²) in [6.07, 6.45) is 9.48. The molecule has 3 heteroatoms. The normalized spacial score (nSPS) is 27.4. The van der Waals surface area contributed by atoms with E-state index < -0.39 is 17.5 Å². The maximum atomic E-state index is 11.2. The standard InChI is InChI=1S/C13H22O3/c1-2-3-8-11(12(14)15)13(16)9-6-4-5-7-10-13/h6,9,11,16H,2-5,7-8,10H2,1H3,(H,14,15). The molecule has 1 aliphatic rings. The van der Waals surface area contributed by atoms with Crippen LogP contribution in [0.25, 0.3) is 0 Å². The highest BCUT2D eigenvalue weighted by Gasteiger charge is 2.38. The largest absolute Gasteiger partial charge is 0.481 e. The molecule has 1 aliphatic carbocycles. The molecule has 0 bridgehead atoms. The van der Waals surface area contributed by atoms with E-state index in [1.807, 2.05) is 13.0 Å². The minimum Gasteiger partial charge on any atom is -0.481 e. The maximum Gasteiger partial charge on any atom is 0.309 e. The molecule has 0 aromatic carbocycles. The van der Waals surface area contributed by atoms with Crippen molar-refractivity contribution in [2.24, 2.45) is 5.92 Å². The Labute approximate surface area is 97.2 Å². The highest BCUT2D eigenvalue weighted by atomic mass is 16.4. The number of hydrogen-bond acceptors (Lipinski definition) is 2. The molecule has 2 atom stereocenters. The first kappa shape index (κ1) is 13.2. The van der Waals surface area contributed by atoms with E-state index in [2.05, 4.69) is 0 Å². The summed E-state index contributed by atoms with van der Waals surface area (Å²) in [5.74, 6) is -1.52. The van der Waals surface area contributed by atoms with Crippen molar-refractivity contribution in [1.29, 1.82) is 0 Å². The van der Waals surface area contributed by atoms with Gasteiger partial charge in [-0.25, -0.2) is 0 Å². The fraction of sp³-hybridized carbons (Fsp3) is 0.769. The minimum atomic E-state index is -1.13. The van der Waals surface area contributed by atoms with Gasteiger partial charge >= 0.3 is 5.97 Å². The van der Waals surface area contributed by atoms with Gasteiger partial charge in [-0.15, -0.1) is 0 Å². The fourth-order valence-corrected chi connectivity index (χ4v) is 2.33. The van der Waals surface area contributed by atoms with Crippen LogP contribution in [0, 0.1) is 5.92 Å². The molecule has 0 fully saturated rings. The second-order valence-electron chi connectivity index (χ2n) is 4.67. The summed E-state index contributed by atoms with van der Waals surface area (Å²) >= 11 is 0. The van der Waals surface area contributed by atoms with Crippen LogP contribution in [0.15, 0.2) is 12.2 Å². The first-order chi connectivity index (χ1) is 7.60. The lowest BCUT2D eigenvalue weighted by Gasteiger charge is -2.30. The molecule has 0 saturated heterocycles. The van der Waals surface area contributed by atoms with Gasteiger partial charge < -0.3 is 10.2 Å². The molecular weight excluding hydrogens is 204 g/mol. The Balaban J connectivity index is 2.77. The molecule has 0 aliphatic heterocycles. The summed E-state index contributed by atoms with van der Waals surface area (Å²) < 4.78 is 0. The van der Waals surface area contributed by atoms with E-state index in [0.29, 0.717) is 12.8 Å². The number of allylic oxidation sites excluding steroid dienone is 1. The summed E-state index contributed by atoms with van der Waals surface area (Å²) in [6, 6.07) is 0.